The van der Waals surface area contributed by atoms with E-state index in [0.717, 1.165) is 18.5 Å². The molecule has 8 heteroatoms. The van der Waals surface area contributed by atoms with E-state index >= 15 is 0 Å². The van der Waals surface area contributed by atoms with Crippen LogP contribution in [0, 0.1) is 6.92 Å². The van der Waals surface area contributed by atoms with Crippen LogP contribution in [-0.2, 0) is 9.59 Å². The quantitative estimate of drug-likeness (QED) is 0.585. The minimum absolute atomic E-state index is 0.0183. The maximum Gasteiger partial charge on any atom is 0.256 e. The van der Waals surface area contributed by atoms with Crippen LogP contribution in [-0.4, -0.2) is 50.9 Å². The van der Waals surface area contributed by atoms with Crippen molar-refractivity contribution >= 4 is 35.2 Å². The summed E-state index contributed by atoms with van der Waals surface area (Å²) < 4.78 is 0. The molecule has 1 aromatic carbocycles. The predicted molar refractivity (Wildman–Crippen MR) is 105 cm³/mol. The van der Waals surface area contributed by atoms with E-state index in [9.17, 15) is 14.4 Å². The van der Waals surface area contributed by atoms with Gasteiger partial charge in [-0.05, 0) is 44.4 Å². The van der Waals surface area contributed by atoms with Gasteiger partial charge in [-0.1, -0.05) is 23.9 Å². The zero-order chi connectivity index (χ0) is 19.7. The largest absolute Gasteiger partial charge is 0.327 e. The maximum absolute atomic E-state index is 13.3. The summed E-state index contributed by atoms with van der Waals surface area (Å²) in [6.45, 7) is 2.39. The molecule has 1 saturated heterocycles. The first kappa shape index (κ1) is 18.6. The fourth-order valence-electron chi connectivity index (χ4n) is 3.65. The van der Waals surface area contributed by atoms with Crippen LogP contribution in [0.5, 0.6) is 0 Å². The molecular formula is C20H20N4O3S. The summed E-state index contributed by atoms with van der Waals surface area (Å²) in [4.78, 5) is 50.6. The van der Waals surface area contributed by atoms with Gasteiger partial charge in [-0.25, -0.2) is 14.9 Å². The van der Waals surface area contributed by atoms with E-state index < -0.39 is 6.04 Å². The van der Waals surface area contributed by atoms with Gasteiger partial charge in [0.2, 0.25) is 5.91 Å². The molecule has 0 N–H and O–H groups in total. The molecule has 1 aromatic heterocycles. The molecular weight excluding hydrogens is 376 g/mol. The highest BCUT2D eigenvalue weighted by molar-refractivity contribution is 7.99. The summed E-state index contributed by atoms with van der Waals surface area (Å²) in [5.41, 5.74) is 1.57. The lowest BCUT2D eigenvalue weighted by Gasteiger charge is -2.33. The zero-order valence-corrected chi connectivity index (χ0v) is 16.3. The Morgan fingerprint density at radius 3 is 2.86 bits per heavy atom. The van der Waals surface area contributed by atoms with Crippen molar-refractivity contribution < 1.29 is 14.4 Å². The van der Waals surface area contributed by atoms with E-state index in [0.29, 0.717) is 29.4 Å². The zero-order valence-electron chi connectivity index (χ0n) is 15.5. The number of imide groups is 1. The first-order valence-electron chi connectivity index (χ1n) is 9.25. The molecule has 0 aliphatic carbocycles. The number of rotatable bonds is 3. The van der Waals surface area contributed by atoms with Gasteiger partial charge in [-0.2, -0.15) is 0 Å². The van der Waals surface area contributed by atoms with Crippen molar-refractivity contribution in [3.8, 4) is 0 Å². The summed E-state index contributed by atoms with van der Waals surface area (Å²) in [6, 6.07) is 8.03. The Morgan fingerprint density at radius 2 is 2.04 bits per heavy atom. The number of thioether (sulfide) groups is 1. The number of hydrogen-bond donors (Lipinski definition) is 0. The van der Waals surface area contributed by atoms with Crippen LogP contribution in [0.15, 0.2) is 41.7 Å². The third kappa shape index (κ3) is 3.40. The number of piperidine rings is 1. The summed E-state index contributed by atoms with van der Waals surface area (Å²) in [6.07, 6.45) is 3.95. The molecule has 0 saturated carbocycles. The van der Waals surface area contributed by atoms with Gasteiger partial charge >= 0.3 is 0 Å². The Balaban J connectivity index is 1.65. The maximum atomic E-state index is 13.3. The molecule has 0 bridgehead atoms. The second-order valence-corrected chi connectivity index (χ2v) is 7.81. The molecule has 28 heavy (non-hydrogen) atoms. The number of aromatic nitrogens is 2. The van der Waals surface area contributed by atoms with Crippen molar-refractivity contribution in [3.05, 3.63) is 47.8 Å². The van der Waals surface area contributed by atoms with E-state index in [-0.39, 0.29) is 23.5 Å². The van der Waals surface area contributed by atoms with Crippen molar-refractivity contribution in [3.63, 3.8) is 0 Å². The number of benzene rings is 1. The van der Waals surface area contributed by atoms with Crippen LogP contribution in [0.4, 0.5) is 5.69 Å². The highest BCUT2D eigenvalue weighted by atomic mass is 32.2. The molecule has 1 fully saturated rings. The van der Waals surface area contributed by atoms with Crippen molar-refractivity contribution in [1.82, 2.24) is 14.9 Å². The van der Waals surface area contributed by atoms with Gasteiger partial charge in [0, 0.05) is 18.4 Å². The molecule has 3 amide bonds. The fourth-order valence-corrected chi connectivity index (χ4v) is 4.37. The van der Waals surface area contributed by atoms with Gasteiger partial charge in [-0.3, -0.25) is 14.4 Å². The van der Waals surface area contributed by atoms with Crippen LogP contribution in [0.25, 0.3) is 0 Å². The first-order valence-corrected chi connectivity index (χ1v) is 10.2. The molecule has 2 aromatic rings. The van der Waals surface area contributed by atoms with Crippen molar-refractivity contribution in [1.29, 1.82) is 0 Å². The number of anilines is 1. The first-order chi connectivity index (χ1) is 13.6. The van der Waals surface area contributed by atoms with E-state index in [2.05, 4.69) is 9.97 Å². The highest BCUT2D eigenvalue weighted by Gasteiger charge is 2.42. The number of carbonyl (C=O) groups excluding carboxylic acids is 3. The average molecular weight is 396 g/mol. The number of para-hydroxylation sites is 1. The summed E-state index contributed by atoms with van der Waals surface area (Å²) in [5, 5.41) is 0.485. The fraction of sp³-hybridized carbons (Fsp3) is 0.350. The Hall–Kier alpha value is -2.74. The van der Waals surface area contributed by atoms with Gasteiger partial charge in [-0.15, -0.1) is 0 Å². The molecule has 3 heterocycles. The van der Waals surface area contributed by atoms with Crippen LogP contribution >= 0.6 is 11.8 Å². The summed E-state index contributed by atoms with van der Waals surface area (Å²) in [7, 11) is 0. The third-order valence-electron chi connectivity index (χ3n) is 4.99. The van der Waals surface area contributed by atoms with E-state index in [1.54, 1.807) is 41.4 Å². The normalized spacial score (nSPS) is 19.1. The standard InChI is InChI=1S/C20H20N4O3S/c1-13-9-10-21-20(22-13)28-12-17(25)24-15-7-3-2-6-14(15)18(26)23-11-5-4-8-16(23)19(24)27/h2-3,6-7,9-10,16H,4-5,8,11-12H2,1H3/t16-/m0/s1. The number of carbonyl (C=O) groups is 3. The van der Waals surface area contributed by atoms with Crippen molar-refractivity contribution in [2.75, 3.05) is 17.2 Å². The van der Waals surface area contributed by atoms with Gasteiger partial charge in [0.25, 0.3) is 11.8 Å². The predicted octanol–water partition coefficient (Wildman–Crippen LogP) is 2.45. The number of aryl methyl sites for hydroxylation is 1. The van der Waals surface area contributed by atoms with Gasteiger partial charge in [0.15, 0.2) is 5.16 Å². The van der Waals surface area contributed by atoms with E-state index in [4.69, 9.17) is 0 Å². The Labute approximate surface area is 167 Å². The average Bonchev–Trinajstić information content (AvgIpc) is 2.80. The molecule has 1 atom stereocenters. The molecule has 2 aliphatic rings. The van der Waals surface area contributed by atoms with Gasteiger partial charge in [0.05, 0.1) is 17.0 Å². The number of nitrogens with zero attached hydrogens (tertiary/aromatic N) is 4. The smallest absolute Gasteiger partial charge is 0.256 e. The highest BCUT2D eigenvalue weighted by Crippen LogP contribution is 2.32. The minimum atomic E-state index is -0.585. The van der Waals surface area contributed by atoms with E-state index in [1.807, 2.05) is 6.92 Å². The molecule has 4 rings (SSSR count). The molecule has 0 spiro atoms. The molecule has 2 aliphatic heterocycles. The Morgan fingerprint density at radius 1 is 1.21 bits per heavy atom. The lowest BCUT2D eigenvalue weighted by atomic mass is 10.0. The SMILES string of the molecule is Cc1ccnc(SCC(=O)N2C(=O)[C@@H]3CCCCN3C(=O)c3ccccc32)n1. The minimum Gasteiger partial charge on any atom is -0.327 e. The number of hydrogen-bond acceptors (Lipinski definition) is 6. The van der Waals surface area contributed by atoms with Crippen LogP contribution < -0.4 is 4.90 Å². The third-order valence-corrected chi connectivity index (χ3v) is 5.84. The number of amides is 3. The number of fused-ring (bicyclic) bond motifs is 2. The lowest BCUT2D eigenvalue weighted by molar-refractivity contribution is -0.128. The van der Waals surface area contributed by atoms with Gasteiger partial charge in [0.1, 0.15) is 6.04 Å². The van der Waals surface area contributed by atoms with Crippen LogP contribution in [0.1, 0.15) is 35.3 Å². The Bertz CT molecular complexity index is 949. The Kier molecular flexibility index (Phi) is 5.13. The van der Waals surface area contributed by atoms with Crippen molar-refractivity contribution in [2.24, 2.45) is 0 Å². The summed E-state index contributed by atoms with van der Waals surface area (Å²) in [5.74, 6) is -0.857. The van der Waals surface area contributed by atoms with E-state index in [1.165, 1.54) is 16.7 Å². The van der Waals surface area contributed by atoms with Gasteiger partial charge < -0.3 is 4.90 Å². The van der Waals surface area contributed by atoms with Crippen LogP contribution in [0.3, 0.4) is 0 Å². The molecule has 0 unspecified atom stereocenters. The molecule has 7 nitrogen and oxygen atoms in total. The van der Waals surface area contributed by atoms with Crippen molar-refractivity contribution in [2.45, 2.75) is 37.4 Å². The monoisotopic (exact) mass is 396 g/mol. The van der Waals surface area contributed by atoms with Crippen LogP contribution in [0.2, 0.25) is 0 Å². The second kappa shape index (κ2) is 7.71. The second-order valence-electron chi connectivity index (χ2n) is 6.86. The summed E-state index contributed by atoms with van der Waals surface area (Å²) >= 11 is 1.19. The lowest BCUT2D eigenvalue weighted by Crippen LogP contribution is -2.52. The topological polar surface area (TPSA) is 83.5 Å². The molecule has 144 valence electrons. The molecule has 0 radical (unpaired) electrons.